The summed E-state index contributed by atoms with van der Waals surface area (Å²) in [6.07, 6.45) is 0. The smallest absolute Gasteiger partial charge is 0.311 e. The summed E-state index contributed by atoms with van der Waals surface area (Å²) in [6.45, 7) is 3.39. The molecule has 0 saturated heterocycles. The second kappa shape index (κ2) is 4.38. The van der Waals surface area contributed by atoms with Gasteiger partial charge in [-0.1, -0.05) is 13.8 Å². The molecule has 0 spiro atoms. The number of carboxylic acid groups (broad SMARTS) is 1. The molecule has 0 aliphatic carbocycles. The van der Waals surface area contributed by atoms with Crippen molar-refractivity contribution >= 4 is 5.97 Å². The maximum absolute atomic E-state index is 12.9. The molecule has 0 radical (unpaired) electrons. The van der Waals surface area contributed by atoms with Gasteiger partial charge in [0.05, 0.1) is 5.92 Å². The molecular weight excluding hydrogens is 202 g/mol. The molecule has 0 aromatic heterocycles. The van der Waals surface area contributed by atoms with E-state index in [4.69, 9.17) is 5.11 Å². The highest BCUT2D eigenvalue weighted by atomic mass is 19.1. The Morgan fingerprint density at radius 1 is 1.20 bits per heavy atom. The third-order valence-corrected chi connectivity index (χ3v) is 2.18. The number of aliphatic carboxylic acids is 1. The number of benzene rings is 1. The van der Waals surface area contributed by atoms with Crippen LogP contribution in [0.25, 0.3) is 0 Å². The Morgan fingerprint density at radius 3 is 2.00 bits per heavy atom. The number of rotatable bonds is 3. The molecule has 0 amide bonds. The van der Waals surface area contributed by atoms with E-state index in [1.54, 1.807) is 13.8 Å². The van der Waals surface area contributed by atoms with Crippen LogP contribution in [-0.2, 0) is 4.79 Å². The Balaban J connectivity index is 3.17. The van der Waals surface area contributed by atoms with Crippen LogP contribution in [0, 0.1) is 17.6 Å². The molecule has 15 heavy (non-hydrogen) atoms. The van der Waals surface area contributed by atoms with Gasteiger partial charge in [-0.05, 0) is 23.6 Å². The second-order valence-corrected chi connectivity index (χ2v) is 3.76. The normalized spacial score (nSPS) is 12.9. The van der Waals surface area contributed by atoms with Crippen LogP contribution in [0.5, 0.6) is 0 Å². The summed E-state index contributed by atoms with van der Waals surface area (Å²) in [6, 6.07) is 2.84. The van der Waals surface area contributed by atoms with E-state index < -0.39 is 23.5 Å². The summed E-state index contributed by atoms with van der Waals surface area (Å²) in [4.78, 5) is 10.9. The number of carboxylic acids is 1. The van der Waals surface area contributed by atoms with Crippen LogP contribution >= 0.6 is 0 Å². The van der Waals surface area contributed by atoms with E-state index in [0.717, 1.165) is 18.2 Å². The minimum Gasteiger partial charge on any atom is -0.481 e. The molecule has 0 aliphatic heterocycles. The Hall–Kier alpha value is -1.45. The summed E-state index contributed by atoms with van der Waals surface area (Å²) in [5.41, 5.74) is 0.162. The molecule has 0 aliphatic rings. The van der Waals surface area contributed by atoms with Crippen molar-refractivity contribution < 1.29 is 18.7 Å². The molecule has 0 saturated carbocycles. The largest absolute Gasteiger partial charge is 0.481 e. The average molecular weight is 214 g/mol. The Labute approximate surface area is 86.5 Å². The molecule has 1 rings (SSSR count). The summed E-state index contributed by atoms with van der Waals surface area (Å²) >= 11 is 0. The fraction of sp³-hybridized carbons (Fsp3) is 0.364. The first-order valence-electron chi connectivity index (χ1n) is 4.60. The predicted molar refractivity (Wildman–Crippen MR) is 51.6 cm³/mol. The van der Waals surface area contributed by atoms with Gasteiger partial charge in [0.1, 0.15) is 11.6 Å². The molecule has 4 heteroatoms. The zero-order valence-electron chi connectivity index (χ0n) is 8.50. The fourth-order valence-electron chi connectivity index (χ4n) is 1.57. The van der Waals surface area contributed by atoms with Crippen LogP contribution in [0.2, 0.25) is 0 Å². The van der Waals surface area contributed by atoms with Crippen LogP contribution in [0.4, 0.5) is 8.78 Å². The van der Waals surface area contributed by atoms with Gasteiger partial charge in [0, 0.05) is 6.07 Å². The van der Waals surface area contributed by atoms with E-state index in [1.807, 2.05) is 0 Å². The quantitative estimate of drug-likeness (QED) is 0.840. The molecule has 82 valence electrons. The van der Waals surface area contributed by atoms with Crippen molar-refractivity contribution in [1.82, 2.24) is 0 Å². The Bertz CT molecular complexity index is 355. The monoisotopic (exact) mass is 214 g/mol. The molecule has 0 bridgehead atoms. The lowest BCUT2D eigenvalue weighted by molar-refractivity contribution is -0.139. The van der Waals surface area contributed by atoms with Crippen molar-refractivity contribution in [1.29, 1.82) is 0 Å². The van der Waals surface area contributed by atoms with Crippen LogP contribution in [0.3, 0.4) is 0 Å². The van der Waals surface area contributed by atoms with Crippen molar-refractivity contribution in [2.24, 2.45) is 5.92 Å². The predicted octanol–water partition coefficient (Wildman–Crippen LogP) is 2.79. The van der Waals surface area contributed by atoms with Crippen LogP contribution in [0.15, 0.2) is 18.2 Å². The standard InChI is InChI=1S/C11H12F2O2/c1-6(2)10(11(14)15)7-3-8(12)5-9(13)4-7/h3-6,10H,1-2H3,(H,14,15). The minimum absolute atomic E-state index is 0.162. The van der Waals surface area contributed by atoms with Crippen LogP contribution in [0.1, 0.15) is 25.3 Å². The molecule has 1 atom stereocenters. The maximum Gasteiger partial charge on any atom is 0.311 e. The number of hydrogen-bond donors (Lipinski definition) is 1. The highest BCUT2D eigenvalue weighted by molar-refractivity contribution is 5.76. The van der Waals surface area contributed by atoms with Crippen molar-refractivity contribution in [2.45, 2.75) is 19.8 Å². The van der Waals surface area contributed by atoms with E-state index >= 15 is 0 Å². The summed E-state index contributed by atoms with van der Waals surface area (Å²) in [5.74, 6) is -3.68. The third kappa shape index (κ3) is 2.75. The van der Waals surface area contributed by atoms with Crippen LogP contribution in [-0.4, -0.2) is 11.1 Å². The van der Waals surface area contributed by atoms with Gasteiger partial charge in [-0.3, -0.25) is 4.79 Å². The van der Waals surface area contributed by atoms with Crippen molar-refractivity contribution in [3.8, 4) is 0 Å². The van der Waals surface area contributed by atoms with E-state index in [9.17, 15) is 13.6 Å². The van der Waals surface area contributed by atoms with Gasteiger partial charge in [0.25, 0.3) is 0 Å². The van der Waals surface area contributed by atoms with E-state index in [-0.39, 0.29) is 11.5 Å². The van der Waals surface area contributed by atoms with Crippen molar-refractivity contribution in [3.63, 3.8) is 0 Å². The Morgan fingerprint density at radius 2 is 1.67 bits per heavy atom. The van der Waals surface area contributed by atoms with Gasteiger partial charge < -0.3 is 5.11 Å². The van der Waals surface area contributed by atoms with E-state index in [2.05, 4.69) is 0 Å². The number of halogens is 2. The van der Waals surface area contributed by atoms with Gasteiger partial charge in [0.2, 0.25) is 0 Å². The van der Waals surface area contributed by atoms with Crippen molar-refractivity contribution in [2.75, 3.05) is 0 Å². The molecule has 1 N–H and O–H groups in total. The lowest BCUT2D eigenvalue weighted by Gasteiger charge is -2.16. The topological polar surface area (TPSA) is 37.3 Å². The SMILES string of the molecule is CC(C)C(C(=O)O)c1cc(F)cc(F)c1. The molecule has 0 heterocycles. The second-order valence-electron chi connectivity index (χ2n) is 3.76. The van der Waals surface area contributed by atoms with Gasteiger partial charge in [-0.25, -0.2) is 8.78 Å². The van der Waals surface area contributed by atoms with Gasteiger partial charge in [-0.15, -0.1) is 0 Å². The van der Waals surface area contributed by atoms with Crippen LogP contribution < -0.4 is 0 Å². The molecule has 1 aromatic rings. The van der Waals surface area contributed by atoms with Gasteiger partial charge >= 0.3 is 5.97 Å². The van der Waals surface area contributed by atoms with Gasteiger partial charge in [-0.2, -0.15) is 0 Å². The first-order valence-corrected chi connectivity index (χ1v) is 4.60. The molecule has 0 fully saturated rings. The highest BCUT2D eigenvalue weighted by Crippen LogP contribution is 2.25. The third-order valence-electron chi connectivity index (χ3n) is 2.18. The summed E-state index contributed by atoms with van der Waals surface area (Å²) in [5, 5.41) is 8.93. The number of carbonyl (C=O) groups is 1. The van der Waals surface area contributed by atoms with Crippen molar-refractivity contribution in [3.05, 3.63) is 35.4 Å². The number of hydrogen-bond acceptors (Lipinski definition) is 1. The first-order chi connectivity index (χ1) is 6.91. The zero-order chi connectivity index (χ0) is 11.6. The molecule has 1 aromatic carbocycles. The molecule has 2 nitrogen and oxygen atoms in total. The van der Waals surface area contributed by atoms with E-state index in [0.29, 0.717) is 0 Å². The first kappa shape index (κ1) is 11.6. The lowest BCUT2D eigenvalue weighted by atomic mass is 9.88. The highest BCUT2D eigenvalue weighted by Gasteiger charge is 2.24. The Kier molecular flexibility index (Phi) is 3.39. The lowest BCUT2D eigenvalue weighted by Crippen LogP contribution is -2.17. The average Bonchev–Trinajstić information content (AvgIpc) is 1.99. The fourth-order valence-corrected chi connectivity index (χ4v) is 1.57. The molecular formula is C11H12F2O2. The maximum atomic E-state index is 12.9. The minimum atomic E-state index is -1.07. The zero-order valence-corrected chi connectivity index (χ0v) is 8.50. The summed E-state index contributed by atoms with van der Waals surface area (Å²) < 4.78 is 25.8. The molecule has 1 unspecified atom stereocenters. The summed E-state index contributed by atoms with van der Waals surface area (Å²) in [7, 11) is 0. The van der Waals surface area contributed by atoms with Gasteiger partial charge in [0.15, 0.2) is 0 Å². The van der Waals surface area contributed by atoms with E-state index in [1.165, 1.54) is 0 Å².